The Kier molecular flexibility index (Phi) is 6.23. The summed E-state index contributed by atoms with van der Waals surface area (Å²) in [4.78, 5) is 26.1. The average molecular weight is 389 g/mol. The number of rotatable bonds is 7. The molecule has 0 saturated carbocycles. The number of nitrogens with one attached hydrogen (secondary N) is 2. The monoisotopic (exact) mass is 389 g/mol. The van der Waals surface area contributed by atoms with Crippen LogP contribution in [-0.4, -0.2) is 58.2 Å². The molecule has 0 bridgehead atoms. The minimum Gasteiger partial charge on any atom is -0.497 e. The van der Waals surface area contributed by atoms with Gasteiger partial charge in [0.05, 0.1) is 7.11 Å². The number of amides is 2. The van der Waals surface area contributed by atoms with Crippen molar-refractivity contribution in [1.82, 2.24) is 25.0 Å². The van der Waals surface area contributed by atoms with Crippen LogP contribution in [0.5, 0.6) is 5.75 Å². The van der Waals surface area contributed by atoms with E-state index in [-0.39, 0.29) is 18.4 Å². The zero-order valence-corrected chi connectivity index (χ0v) is 16.1. The Balaban J connectivity index is 1.58. The smallest absolute Gasteiger partial charge is 0.240 e. The molecule has 2 N–H and O–H groups in total. The van der Waals surface area contributed by atoms with Crippen LogP contribution in [0.4, 0.5) is 0 Å². The first-order valence-electron chi connectivity index (χ1n) is 8.92. The van der Waals surface area contributed by atoms with Crippen LogP contribution < -0.4 is 10.1 Å². The van der Waals surface area contributed by atoms with Crippen molar-refractivity contribution in [2.45, 2.75) is 25.8 Å². The molecule has 1 aromatic heterocycles. The minimum atomic E-state index is -0.212. The molecule has 1 fully saturated rings. The third-order valence-corrected chi connectivity index (χ3v) is 4.84. The van der Waals surface area contributed by atoms with Gasteiger partial charge in [-0.05, 0) is 49.3 Å². The third-order valence-electron chi connectivity index (χ3n) is 4.53. The Hall–Kier alpha value is -2.68. The lowest BCUT2D eigenvalue weighted by Gasteiger charge is -2.15. The highest BCUT2D eigenvalue weighted by Gasteiger charge is 2.18. The second kappa shape index (κ2) is 8.81. The number of likely N-dealkylation sites (tertiary alicyclic amines) is 1. The summed E-state index contributed by atoms with van der Waals surface area (Å²) >= 11 is 5.25. The van der Waals surface area contributed by atoms with E-state index in [9.17, 15) is 9.59 Å². The summed E-state index contributed by atoms with van der Waals surface area (Å²) in [5.74, 6) is 1.19. The fourth-order valence-corrected chi connectivity index (χ4v) is 3.25. The molecule has 0 radical (unpaired) electrons. The molecule has 0 unspecified atom stereocenters. The lowest BCUT2D eigenvalue weighted by atomic mass is 10.2. The van der Waals surface area contributed by atoms with Gasteiger partial charge < -0.3 is 15.0 Å². The number of hydrogen-bond acceptors (Lipinski definition) is 5. The molecule has 3 rings (SSSR count). The molecule has 2 heterocycles. The van der Waals surface area contributed by atoms with Crippen molar-refractivity contribution in [3.05, 3.63) is 29.0 Å². The van der Waals surface area contributed by atoms with Crippen LogP contribution in [0, 0.1) is 4.77 Å². The maximum atomic E-state index is 12.3. The average Bonchev–Trinajstić information content (AvgIpc) is 3.33. The number of carbonyl (C=O) groups is 2. The number of benzene rings is 1. The van der Waals surface area contributed by atoms with Gasteiger partial charge in [-0.1, -0.05) is 0 Å². The quantitative estimate of drug-likeness (QED) is 0.704. The topological polar surface area (TPSA) is 92.2 Å². The molecule has 9 heteroatoms. The predicted molar refractivity (Wildman–Crippen MR) is 103 cm³/mol. The second-order valence-electron chi connectivity index (χ2n) is 6.35. The minimum absolute atomic E-state index is 0.0363. The molecule has 144 valence electrons. The lowest BCUT2D eigenvalue weighted by Crippen LogP contribution is -2.34. The van der Waals surface area contributed by atoms with Crippen LogP contribution in [0.1, 0.15) is 19.3 Å². The standard InChI is InChI=1S/C18H23N5O3S/c1-26-14-6-4-13(5-7-14)17-20-21-18(27)23(17)12-15(24)19-9-8-16(25)22-10-2-3-11-22/h4-7H,2-3,8-12H2,1H3,(H,19,24)(H,21,27). The van der Waals surface area contributed by atoms with E-state index in [4.69, 9.17) is 17.0 Å². The molecule has 0 spiro atoms. The van der Waals surface area contributed by atoms with E-state index in [1.807, 2.05) is 29.2 Å². The fourth-order valence-electron chi connectivity index (χ4n) is 3.06. The van der Waals surface area contributed by atoms with Gasteiger partial charge in [-0.2, -0.15) is 5.10 Å². The molecular weight excluding hydrogens is 366 g/mol. The maximum Gasteiger partial charge on any atom is 0.240 e. The number of methoxy groups -OCH3 is 1. The van der Waals surface area contributed by atoms with Crippen molar-refractivity contribution >= 4 is 24.0 Å². The van der Waals surface area contributed by atoms with Gasteiger partial charge in [-0.3, -0.25) is 19.3 Å². The van der Waals surface area contributed by atoms with E-state index < -0.39 is 0 Å². The Morgan fingerprint density at radius 1 is 1.26 bits per heavy atom. The van der Waals surface area contributed by atoms with Crippen molar-refractivity contribution in [1.29, 1.82) is 0 Å². The second-order valence-corrected chi connectivity index (χ2v) is 6.74. The molecule has 8 nitrogen and oxygen atoms in total. The van der Waals surface area contributed by atoms with E-state index in [2.05, 4.69) is 15.5 Å². The van der Waals surface area contributed by atoms with Gasteiger partial charge >= 0.3 is 0 Å². The SMILES string of the molecule is COc1ccc(-c2n[nH]c(=S)n2CC(=O)NCCC(=O)N2CCCC2)cc1. The summed E-state index contributed by atoms with van der Waals surface area (Å²) in [6.45, 7) is 2.00. The van der Waals surface area contributed by atoms with Crippen LogP contribution in [0.25, 0.3) is 11.4 Å². The van der Waals surface area contributed by atoms with Crippen molar-refractivity contribution in [3.63, 3.8) is 0 Å². The predicted octanol–water partition coefficient (Wildman–Crippen LogP) is 1.74. The maximum absolute atomic E-state index is 12.3. The van der Waals surface area contributed by atoms with Crippen LogP contribution in [0.15, 0.2) is 24.3 Å². The Labute approximate surface area is 162 Å². The van der Waals surface area contributed by atoms with E-state index in [1.165, 1.54) is 0 Å². The van der Waals surface area contributed by atoms with Crippen molar-refractivity contribution in [3.8, 4) is 17.1 Å². The Morgan fingerprint density at radius 3 is 2.63 bits per heavy atom. The molecule has 27 heavy (non-hydrogen) atoms. The number of nitrogens with zero attached hydrogens (tertiary/aromatic N) is 3. The molecular formula is C18H23N5O3S. The highest BCUT2D eigenvalue weighted by atomic mass is 32.1. The Bertz CT molecular complexity index is 853. The number of hydrogen-bond donors (Lipinski definition) is 2. The first kappa shape index (κ1) is 19.1. The lowest BCUT2D eigenvalue weighted by molar-refractivity contribution is -0.130. The summed E-state index contributed by atoms with van der Waals surface area (Å²) in [6.07, 6.45) is 2.43. The van der Waals surface area contributed by atoms with E-state index in [1.54, 1.807) is 11.7 Å². The van der Waals surface area contributed by atoms with Crippen molar-refractivity contribution < 1.29 is 14.3 Å². The zero-order chi connectivity index (χ0) is 19.2. The summed E-state index contributed by atoms with van der Waals surface area (Å²) in [5, 5.41) is 9.73. The highest BCUT2D eigenvalue weighted by Crippen LogP contribution is 2.20. The van der Waals surface area contributed by atoms with Crippen molar-refractivity contribution in [2.75, 3.05) is 26.7 Å². The van der Waals surface area contributed by atoms with Gasteiger partial charge in [0, 0.05) is 31.6 Å². The zero-order valence-electron chi connectivity index (χ0n) is 15.2. The van der Waals surface area contributed by atoms with Gasteiger partial charge in [-0.25, -0.2) is 0 Å². The van der Waals surface area contributed by atoms with Crippen LogP contribution in [0.3, 0.4) is 0 Å². The fraction of sp³-hybridized carbons (Fsp3) is 0.444. The summed E-state index contributed by atoms with van der Waals surface area (Å²) < 4.78 is 7.15. The molecule has 2 aromatic rings. The van der Waals surface area contributed by atoms with Crippen LogP contribution in [0.2, 0.25) is 0 Å². The van der Waals surface area contributed by atoms with E-state index in [0.29, 0.717) is 23.6 Å². The molecule has 1 aliphatic rings. The third kappa shape index (κ3) is 4.73. The van der Waals surface area contributed by atoms with Gasteiger partial charge in [0.25, 0.3) is 0 Å². The molecule has 1 saturated heterocycles. The summed E-state index contributed by atoms with van der Waals surface area (Å²) in [5.41, 5.74) is 0.820. The van der Waals surface area contributed by atoms with Gasteiger partial charge in [0.2, 0.25) is 11.8 Å². The number of aromatic amines is 1. The summed E-state index contributed by atoms with van der Waals surface area (Å²) in [7, 11) is 1.60. The van der Waals surface area contributed by atoms with Gasteiger partial charge in [-0.15, -0.1) is 0 Å². The largest absolute Gasteiger partial charge is 0.497 e. The number of H-pyrrole nitrogens is 1. The molecule has 1 aliphatic heterocycles. The molecule has 0 aliphatic carbocycles. The molecule has 0 atom stereocenters. The number of ether oxygens (including phenoxy) is 1. The first-order valence-corrected chi connectivity index (χ1v) is 9.33. The van der Waals surface area contributed by atoms with Crippen LogP contribution in [-0.2, 0) is 16.1 Å². The van der Waals surface area contributed by atoms with E-state index in [0.717, 1.165) is 37.2 Å². The summed E-state index contributed by atoms with van der Waals surface area (Å²) in [6, 6.07) is 7.35. The molecule has 2 amide bonds. The Morgan fingerprint density at radius 2 is 1.96 bits per heavy atom. The first-order chi connectivity index (χ1) is 13.1. The van der Waals surface area contributed by atoms with Crippen molar-refractivity contribution in [2.24, 2.45) is 0 Å². The number of aromatic nitrogens is 3. The molecule has 1 aromatic carbocycles. The normalized spacial score (nSPS) is 13.6. The van der Waals surface area contributed by atoms with Crippen LogP contribution >= 0.6 is 12.2 Å². The number of carbonyl (C=O) groups excluding carboxylic acids is 2. The highest BCUT2D eigenvalue weighted by molar-refractivity contribution is 7.71. The van der Waals surface area contributed by atoms with Gasteiger partial charge in [0.1, 0.15) is 12.3 Å². The van der Waals surface area contributed by atoms with E-state index >= 15 is 0 Å². The van der Waals surface area contributed by atoms with Gasteiger partial charge in [0.15, 0.2) is 10.6 Å².